The molecule has 0 bridgehead atoms. The Morgan fingerprint density at radius 3 is 2.76 bits per heavy atom. The molecule has 0 amide bonds. The Bertz CT molecular complexity index is 394. The van der Waals surface area contributed by atoms with Gasteiger partial charge in [-0.3, -0.25) is 5.43 Å². The third-order valence-corrected chi connectivity index (χ3v) is 2.63. The van der Waals surface area contributed by atoms with Gasteiger partial charge < -0.3 is 10.8 Å². The second kappa shape index (κ2) is 7.09. The van der Waals surface area contributed by atoms with Crippen molar-refractivity contribution in [2.45, 2.75) is 18.2 Å². The zero-order valence-corrected chi connectivity index (χ0v) is 10.7. The highest BCUT2D eigenvalue weighted by molar-refractivity contribution is 7.80. The number of rotatable bonds is 5. The fourth-order valence-corrected chi connectivity index (χ4v) is 1.57. The number of halogens is 1. The Kier molecular flexibility index (Phi) is 5.72. The van der Waals surface area contributed by atoms with E-state index in [4.69, 9.17) is 22.4 Å². The van der Waals surface area contributed by atoms with Crippen LogP contribution in [0.25, 0.3) is 0 Å². The maximum Gasteiger partial charge on any atom is 0.184 e. The highest BCUT2D eigenvalue weighted by Gasteiger charge is 2.06. The third-order valence-electron chi connectivity index (χ3n) is 2.07. The number of nitrogens with zero attached hydrogens (tertiary/aromatic N) is 1. The number of hydrogen-bond donors (Lipinski definition) is 3. The number of hydrogen-bond acceptors (Lipinski definition) is 3. The number of aromatic hydroxyl groups is 1. The lowest BCUT2D eigenvalue weighted by atomic mass is 10.1. The van der Waals surface area contributed by atoms with Crippen LogP contribution in [-0.4, -0.2) is 16.4 Å². The summed E-state index contributed by atoms with van der Waals surface area (Å²) in [7, 11) is 0. The lowest BCUT2D eigenvalue weighted by molar-refractivity contribution is 0.475. The first kappa shape index (κ1) is 13.7. The number of phenols is 1. The van der Waals surface area contributed by atoms with Crippen molar-refractivity contribution in [1.82, 2.24) is 5.43 Å². The van der Waals surface area contributed by atoms with E-state index in [-0.39, 0.29) is 16.2 Å². The average molecular weight is 272 g/mol. The van der Waals surface area contributed by atoms with Gasteiger partial charge >= 0.3 is 0 Å². The van der Waals surface area contributed by atoms with Gasteiger partial charge in [0.2, 0.25) is 0 Å². The standard InChI is InChI=1S/C11H14ClN3OS/c12-10(2-1-7-14-15-11(13)17)8-3-5-9(16)6-4-8/h3-7,10,16H,1-2H2,(H3,13,15,17). The van der Waals surface area contributed by atoms with Gasteiger partial charge in [-0.05, 0) is 42.8 Å². The Labute approximate surface area is 110 Å². The highest BCUT2D eigenvalue weighted by Crippen LogP contribution is 2.26. The van der Waals surface area contributed by atoms with E-state index in [2.05, 4.69) is 22.7 Å². The quantitative estimate of drug-likeness (QED) is 0.333. The van der Waals surface area contributed by atoms with Crippen LogP contribution in [0.5, 0.6) is 5.75 Å². The van der Waals surface area contributed by atoms with Gasteiger partial charge in [-0.25, -0.2) is 0 Å². The molecule has 0 aliphatic heterocycles. The molecule has 0 aliphatic rings. The molecule has 0 aliphatic carbocycles. The summed E-state index contributed by atoms with van der Waals surface area (Å²) in [6.45, 7) is 0. The van der Waals surface area contributed by atoms with Crippen LogP contribution in [0.15, 0.2) is 29.4 Å². The molecule has 1 aromatic rings. The van der Waals surface area contributed by atoms with Crippen molar-refractivity contribution in [3.63, 3.8) is 0 Å². The fraction of sp³-hybridized carbons (Fsp3) is 0.273. The van der Waals surface area contributed by atoms with Crippen molar-refractivity contribution in [3.05, 3.63) is 29.8 Å². The molecule has 4 nitrogen and oxygen atoms in total. The largest absolute Gasteiger partial charge is 0.508 e. The molecule has 1 aromatic carbocycles. The Balaban J connectivity index is 2.34. The minimum atomic E-state index is -0.105. The molecular weight excluding hydrogens is 258 g/mol. The summed E-state index contributed by atoms with van der Waals surface area (Å²) in [6.07, 6.45) is 3.13. The monoisotopic (exact) mass is 271 g/mol. The number of thiocarbonyl (C=S) groups is 1. The summed E-state index contributed by atoms with van der Waals surface area (Å²) in [5.74, 6) is 0.236. The van der Waals surface area contributed by atoms with Gasteiger partial charge in [0.25, 0.3) is 0 Å². The van der Waals surface area contributed by atoms with E-state index in [1.54, 1.807) is 30.5 Å². The van der Waals surface area contributed by atoms with Gasteiger partial charge in [0.05, 0.1) is 5.38 Å². The predicted octanol–water partition coefficient (Wildman–Crippen LogP) is 2.27. The molecule has 6 heteroatoms. The summed E-state index contributed by atoms with van der Waals surface area (Å²) in [5, 5.41) is 13.0. The van der Waals surface area contributed by atoms with E-state index in [0.29, 0.717) is 6.42 Å². The first-order valence-corrected chi connectivity index (χ1v) is 5.94. The second-order valence-electron chi connectivity index (χ2n) is 3.42. The number of nitrogens with one attached hydrogen (secondary N) is 1. The SMILES string of the molecule is NC(=S)NN=CCCC(Cl)c1ccc(O)cc1. The van der Waals surface area contributed by atoms with Crippen LogP contribution in [0.1, 0.15) is 23.8 Å². The summed E-state index contributed by atoms with van der Waals surface area (Å²) in [4.78, 5) is 0. The number of nitrogens with two attached hydrogens (primary N) is 1. The number of benzene rings is 1. The maximum atomic E-state index is 9.14. The van der Waals surface area contributed by atoms with Crippen LogP contribution in [0.4, 0.5) is 0 Å². The molecule has 1 atom stereocenters. The molecule has 4 N–H and O–H groups in total. The molecule has 1 unspecified atom stereocenters. The van der Waals surface area contributed by atoms with Crippen molar-refractivity contribution in [2.24, 2.45) is 10.8 Å². The molecule has 0 aromatic heterocycles. The Morgan fingerprint density at radius 1 is 1.53 bits per heavy atom. The minimum Gasteiger partial charge on any atom is -0.508 e. The maximum absolute atomic E-state index is 9.14. The highest BCUT2D eigenvalue weighted by atomic mass is 35.5. The molecule has 1 rings (SSSR count). The topological polar surface area (TPSA) is 70.6 Å². The van der Waals surface area contributed by atoms with Gasteiger partial charge in [-0.2, -0.15) is 5.10 Å². The molecule has 0 fully saturated rings. The van der Waals surface area contributed by atoms with Crippen molar-refractivity contribution in [2.75, 3.05) is 0 Å². The van der Waals surface area contributed by atoms with E-state index >= 15 is 0 Å². The zero-order valence-electron chi connectivity index (χ0n) is 9.14. The van der Waals surface area contributed by atoms with Crippen LogP contribution in [0.2, 0.25) is 0 Å². The molecule has 92 valence electrons. The van der Waals surface area contributed by atoms with E-state index in [0.717, 1.165) is 12.0 Å². The minimum absolute atomic E-state index is 0.105. The smallest absolute Gasteiger partial charge is 0.184 e. The van der Waals surface area contributed by atoms with Gasteiger partial charge in [0, 0.05) is 6.21 Å². The second-order valence-corrected chi connectivity index (χ2v) is 4.39. The van der Waals surface area contributed by atoms with Crippen molar-refractivity contribution < 1.29 is 5.11 Å². The van der Waals surface area contributed by atoms with Gasteiger partial charge in [0.1, 0.15) is 5.75 Å². The summed E-state index contributed by atoms with van der Waals surface area (Å²) in [6, 6.07) is 6.84. The van der Waals surface area contributed by atoms with Crippen LogP contribution in [0, 0.1) is 0 Å². The zero-order chi connectivity index (χ0) is 12.7. The Morgan fingerprint density at radius 2 is 2.18 bits per heavy atom. The summed E-state index contributed by atoms with van der Waals surface area (Å²) >= 11 is 10.8. The van der Waals surface area contributed by atoms with Gasteiger partial charge in [0.15, 0.2) is 5.11 Å². The third kappa shape index (κ3) is 5.51. The molecule has 0 saturated heterocycles. The van der Waals surface area contributed by atoms with Gasteiger partial charge in [-0.15, -0.1) is 11.6 Å². The van der Waals surface area contributed by atoms with Gasteiger partial charge in [-0.1, -0.05) is 12.1 Å². The van der Waals surface area contributed by atoms with Crippen molar-refractivity contribution in [1.29, 1.82) is 0 Å². The lowest BCUT2D eigenvalue weighted by Gasteiger charge is -2.07. The first-order chi connectivity index (χ1) is 8.09. The van der Waals surface area contributed by atoms with Crippen molar-refractivity contribution in [3.8, 4) is 5.75 Å². The number of alkyl halides is 1. The number of hydrazone groups is 1. The first-order valence-electron chi connectivity index (χ1n) is 5.09. The van der Waals surface area contributed by atoms with E-state index in [1.807, 2.05) is 0 Å². The average Bonchev–Trinajstić information content (AvgIpc) is 2.29. The van der Waals surface area contributed by atoms with E-state index in [9.17, 15) is 0 Å². The number of phenolic OH excluding ortho intramolecular Hbond substituents is 1. The molecular formula is C11H14ClN3OS. The Hall–Kier alpha value is -1.33. The van der Waals surface area contributed by atoms with Crippen LogP contribution >= 0.6 is 23.8 Å². The predicted molar refractivity (Wildman–Crippen MR) is 74.3 cm³/mol. The molecule has 17 heavy (non-hydrogen) atoms. The van der Waals surface area contributed by atoms with E-state index < -0.39 is 0 Å². The van der Waals surface area contributed by atoms with Crippen LogP contribution in [0.3, 0.4) is 0 Å². The van der Waals surface area contributed by atoms with Crippen LogP contribution < -0.4 is 11.2 Å². The fourth-order valence-electron chi connectivity index (χ4n) is 1.24. The summed E-state index contributed by atoms with van der Waals surface area (Å²) < 4.78 is 0. The molecule has 0 saturated carbocycles. The molecule has 0 radical (unpaired) electrons. The lowest BCUT2D eigenvalue weighted by Crippen LogP contribution is -2.23. The van der Waals surface area contributed by atoms with Crippen LogP contribution in [-0.2, 0) is 0 Å². The van der Waals surface area contributed by atoms with E-state index in [1.165, 1.54) is 0 Å². The molecule has 0 spiro atoms. The van der Waals surface area contributed by atoms with Crippen molar-refractivity contribution >= 4 is 35.1 Å². The summed E-state index contributed by atoms with van der Waals surface area (Å²) in [5.41, 5.74) is 8.64. The molecule has 0 heterocycles. The normalized spacial score (nSPS) is 12.5.